The standard InChI is InChI=1S/C24H37N5O3/c1-23(2,3)13-20(32)22-27-17(15-29(22)8)12-19(31)21-26-16(14-28(21)7)11-18(30)9-10-25-24(4,5)6/h14-15,25H,9-13H2,1-8H3. The van der Waals surface area contributed by atoms with Gasteiger partial charge in [-0.2, -0.15) is 0 Å². The molecule has 0 amide bonds. The highest BCUT2D eigenvalue weighted by molar-refractivity contribution is 5.95. The van der Waals surface area contributed by atoms with Crippen molar-refractivity contribution in [3.63, 3.8) is 0 Å². The van der Waals surface area contributed by atoms with E-state index < -0.39 is 0 Å². The number of rotatable bonds is 10. The van der Waals surface area contributed by atoms with Crippen LogP contribution in [0.4, 0.5) is 0 Å². The van der Waals surface area contributed by atoms with E-state index in [0.717, 1.165) is 0 Å². The number of imidazole rings is 2. The fourth-order valence-corrected chi connectivity index (χ4v) is 3.42. The van der Waals surface area contributed by atoms with Gasteiger partial charge in [-0.3, -0.25) is 14.4 Å². The molecule has 2 aromatic rings. The third-order valence-electron chi connectivity index (χ3n) is 4.82. The predicted molar refractivity (Wildman–Crippen MR) is 124 cm³/mol. The summed E-state index contributed by atoms with van der Waals surface area (Å²) in [6, 6.07) is 0. The van der Waals surface area contributed by atoms with Crippen molar-refractivity contribution in [3.8, 4) is 0 Å². The molecule has 0 aromatic carbocycles. The highest BCUT2D eigenvalue weighted by Gasteiger charge is 2.23. The molecule has 2 rings (SSSR count). The zero-order chi connectivity index (χ0) is 24.3. The Labute approximate surface area is 190 Å². The Morgan fingerprint density at radius 3 is 1.84 bits per heavy atom. The molecule has 0 spiro atoms. The Hall–Kier alpha value is -2.61. The van der Waals surface area contributed by atoms with E-state index in [4.69, 9.17) is 0 Å². The summed E-state index contributed by atoms with van der Waals surface area (Å²) in [7, 11) is 3.50. The molecular weight excluding hydrogens is 406 g/mol. The molecule has 0 aliphatic carbocycles. The molecule has 0 unspecified atom stereocenters. The number of hydrogen-bond donors (Lipinski definition) is 1. The van der Waals surface area contributed by atoms with Gasteiger partial charge in [0.2, 0.25) is 5.78 Å². The average molecular weight is 444 g/mol. The smallest absolute Gasteiger partial charge is 0.204 e. The van der Waals surface area contributed by atoms with Gasteiger partial charge in [0.1, 0.15) is 5.78 Å². The molecule has 32 heavy (non-hydrogen) atoms. The topological polar surface area (TPSA) is 98.9 Å². The van der Waals surface area contributed by atoms with Crippen LogP contribution in [-0.4, -0.2) is 48.5 Å². The summed E-state index contributed by atoms with van der Waals surface area (Å²) in [6.07, 6.45) is 4.47. The number of aromatic nitrogens is 4. The molecule has 0 aliphatic heterocycles. The summed E-state index contributed by atoms with van der Waals surface area (Å²) in [5, 5.41) is 3.29. The van der Waals surface area contributed by atoms with E-state index in [9.17, 15) is 14.4 Å². The number of hydrogen-bond acceptors (Lipinski definition) is 6. The molecule has 0 fully saturated rings. The normalized spacial score (nSPS) is 12.2. The molecule has 1 N–H and O–H groups in total. The molecule has 0 saturated carbocycles. The van der Waals surface area contributed by atoms with Crippen LogP contribution in [0.25, 0.3) is 0 Å². The molecule has 176 valence electrons. The Morgan fingerprint density at radius 1 is 0.844 bits per heavy atom. The van der Waals surface area contributed by atoms with Crippen molar-refractivity contribution in [2.75, 3.05) is 6.54 Å². The molecular formula is C24H37N5O3. The van der Waals surface area contributed by atoms with Gasteiger partial charge in [0.05, 0.1) is 24.2 Å². The van der Waals surface area contributed by atoms with Crippen LogP contribution in [0, 0.1) is 5.41 Å². The molecule has 8 nitrogen and oxygen atoms in total. The van der Waals surface area contributed by atoms with Gasteiger partial charge in [-0.1, -0.05) is 20.8 Å². The number of carbonyl (C=O) groups excluding carboxylic acids is 3. The van der Waals surface area contributed by atoms with Crippen LogP contribution in [0.15, 0.2) is 12.4 Å². The number of nitrogens with one attached hydrogen (secondary N) is 1. The maximum absolute atomic E-state index is 12.8. The van der Waals surface area contributed by atoms with E-state index in [2.05, 4.69) is 36.1 Å². The van der Waals surface area contributed by atoms with E-state index in [1.54, 1.807) is 35.6 Å². The Morgan fingerprint density at radius 2 is 1.34 bits per heavy atom. The van der Waals surface area contributed by atoms with Crippen molar-refractivity contribution in [2.24, 2.45) is 19.5 Å². The minimum absolute atomic E-state index is 0.0342. The molecule has 0 aliphatic rings. The highest BCUT2D eigenvalue weighted by atomic mass is 16.1. The van der Waals surface area contributed by atoms with Crippen LogP contribution in [0.2, 0.25) is 0 Å². The molecule has 8 heteroatoms. The van der Waals surface area contributed by atoms with Crippen LogP contribution >= 0.6 is 0 Å². The van der Waals surface area contributed by atoms with Crippen LogP contribution in [0.3, 0.4) is 0 Å². The summed E-state index contributed by atoms with van der Waals surface area (Å²) in [6.45, 7) is 12.8. The van der Waals surface area contributed by atoms with Gasteiger partial charge >= 0.3 is 0 Å². The number of nitrogens with zero attached hydrogens (tertiary/aromatic N) is 4. The first-order valence-electron chi connectivity index (χ1n) is 11.0. The Kier molecular flexibility index (Phi) is 7.93. The third-order valence-corrected chi connectivity index (χ3v) is 4.82. The third kappa shape index (κ3) is 7.82. The van der Waals surface area contributed by atoms with Crippen molar-refractivity contribution < 1.29 is 14.4 Å². The van der Waals surface area contributed by atoms with Crippen molar-refractivity contribution in [3.05, 3.63) is 35.4 Å². The first-order chi connectivity index (χ1) is 14.6. The quantitative estimate of drug-likeness (QED) is 0.567. The maximum atomic E-state index is 12.8. The second kappa shape index (κ2) is 9.90. The summed E-state index contributed by atoms with van der Waals surface area (Å²) in [5.41, 5.74) is 0.943. The Bertz CT molecular complexity index is 986. The van der Waals surface area contributed by atoms with Crippen molar-refractivity contribution in [1.29, 1.82) is 0 Å². The second-order valence-electron chi connectivity index (χ2n) is 10.7. The number of Topliss-reactive ketones (excluding diaryl/α,β-unsaturated/α-hetero) is 3. The van der Waals surface area contributed by atoms with Gasteiger partial charge in [0, 0.05) is 51.4 Å². The molecule has 0 radical (unpaired) electrons. The molecule has 0 atom stereocenters. The summed E-state index contributed by atoms with van der Waals surface area (Å²) < 4.78 is 3.32. The van der Waals surface area contributed by atoms with Gasteiger partial charge in [-0.25, -0.2) is 9.97 Å². The lowest BCUT2D eigenvalue weighted by Gasteiger charge is -2.19. The van der Waals surface area contributed by atoms with Crippen molar-refractivity contribution >= 4 is 17.3 Å². The van der Waals surface area contributed by atoms with E-state index in [1.807, 2.05) is 20.8 Å². The lowest BCUT2D eigenvalue weighted by atomic mass is 9.90. The Balaban J connectivity index is 2.01. The molecule has 0 saturated heterocycles. The number of aryl methyl sites for hydroxylation is 2. The first-order valence-corrected chi connectivity index (χ1v) is 11.0. The predicted octanol–water partition coefficient (Wildman–Crippen LogP) is 3.09. The monoisotopic (exact) mass is 443 g/mol. The number of ketones is 3. The van der Waals surface area contributed by atoms with Crippen LogP contribution in [-0.2, 0) is 31.7 Å². The van der Waals surface area contributed by atoms with Crippen molar-refractivity contribution in [1.82, 2.24) is 24.4 Å². The van der Waals surface area contributed by atoms with Gasteiger partial charge in [-0.05, 0) is 26.2 Å². The van der Waals surface area contributed by atoms with E-state index >= 15 is 0 Å². The second-order valence-corrected chi connectivity index (χ2v) is 10.7. The lowest BCUT2D eigenvalue weighted by molar-refractivity contribution is -0.118. The van der Waals surface area contributed by atoms with Crippen LogP contribution in [0.5, 0.6) is 0 Å². The SMILES string of the molecule is Cn1cc(CC(=O)CCNC(C)(C)C)nc1C(=O)Cc1cn(C)c(C(=O)CC(C)(C)C)n1. The summed E-state index contributed by atoms with van der Waals surface area (Å²) in [4.78, 5) is 46.4. The summed E-state index contributed by atoms with van der Waals surface area (Å²) in [5.74, 6) is 0.475. The molecule has 0 bridgehead atoms. The van der Waals surface area contributed by atoms with E-state index in [-0.39, 0.29) is 47.0 Å². The lowest BCUT2D eigenvalue weighted by Crippen LogP contribution is -2.37. The fourth-order valence-electron chi connectivity index (χ4n) is 3.42. The van der Waals surface area contributed by atoms with Gasteiger partial charge in [-0.15, -0.1) is 0 Å². The zero-order valence-electron chi connectivity index (χ0n) is 20.7. The number of carbonyl (C=O) groups is 3. The largest absolute Gasteiger partial charge is 0.331 e. The minimum atomic E-state index is -0.200. The fraction of sp³-hybridized carbons (Fsp3) is 0.625. The van der Waals surface area contributed by atoms with Gasteiger partial charge in [0.15, 0.2) is 17.4 Å². The zero-order valence-corrected chi connectivity index (χ0v) is 20.7. The highest BCUT2D eigenvalue weighted by Crippen LogP contribution is 2.21. The maximum Gasteiger partial charge on any atom is 0.204 e. The average Bonchev–Trinajstić information content (AvgIpc) is 3.14. The van der Waals surface area contributed by atoms with Gasteiger partial charge in [0.25, 0.3) is 0 Å². The molecule has 2 heterocycles. The van der Waals surface area contributed by atoms with Crippen LogP contribution in [0.1, 0.15) is 87.0 Å². The molecule has 2 aromatic heterocycles. The van der Waals surface area contributed by atoms with Crippen LogP contribution < -0.4 is 5.32 Å². The summed E-state index contributed by atoms with van der Waals surface area (Å²) >= 11 is 0. The van der Waals surface area contributed by atoms with Gasteiger partial charge < -0.3 is 14.5 Å². The van der Waals surface area contributed by atoms with E-state index in [0.29, 0.717) is 36.6 Å². The van der Waals surface area contributed by atoms with Crippen molar-refractivity contribution in [2.45, 2.75) is 72.8 Å². The first kappa shape index (κ1) is 25.6. The minimum Gasteiger partial charge on any atom is -0.331 e. The van der Waals surface area contributed by atoms with E-state index in [1.165, 1.54) is 0 Å².